The van der Waals surface area contributed by atoms with Crippen molar-refractivity contribution in [2.24, 2.45) is 0 Å². The van der Waals surface area contributed by atoms with Gasteiger partial charge in [-0.05, 0) is 45.5 Å². The number of hydrogen-bond donors (Lipinski definition) is 1. The number of carboxylic acids is 1. The van der Waals surface area contributed by atoms with Gasteiger partial charge in [-0.25, -0.2) is 0 Å². The normalized spacial score (nSPS) is 12.7. The van der Waals surface area contributed by atoms with Crippen molar-refractivity contribution in [1.82, 2.24) is 4.90 Å². The number of carboxylic acid groups (broad SMARTS) is 1. The quantitative estimate of drug-likeness (QED) is 0.823. The predicted octanol–water partition coefficient (Wildman–Crippen LogP) is 2.94. The minimum atomic E-state index is -0.764. The van der Waals surface area contributed by atoms with Gasteiger partial charge in [-0.3, -0.25) is 9.69 Å². The molecule has 0 fully saturated rings. The molecule has 1 rings (SSSR count). The zero-order chi connectivity index (χ0) is 14.4. The molecule has 0 aromatic heterocycles. The highest BCUT2D eigenvalue weighted by atomic mass is 16.5. The van der Waals surface area contributed by atoms with Crippen LogP contribution >= 0.6 is 0 Å². The van der Waals surface area contributed by atoms with Gasteiger partial charge in [0.05, 0.1) is 12.5 Å². The van der Waals surface area contributed by atoms with Crippen LogP contribution in [-0.2, 0) is 4.79 Å². The number of ether oxygens (including phenoxy) is 1. The molecule has 4 nitrogen and oxygen atoms in total. The van der Waals surface area contributed by atoms with E-state index in [2.05, 4.69) is 6.92 Å². The summed E-state index contributed by atoms with van der Waals surface area (Å²) in [5, 5.41) is 8.69. The van der Waals surface area contributed by atoms with Crippen LogP contribution < -0.4 is 4.74 Å². The van der Waals surface area contributed by atoms with E-state index in [0.29, 0.717) is 6.54 Å². The molecule has 0 spiro atoms. The summed E-state index contributed by atoms with van der Waals surface area (Å²) in [4.78, 5) is 12.6. The molecule has 106 valence electrons. The van der Waals surface area contributed by atoms with Crippen LogP contribution in [0.4, 0.5) is 0 Å². The number of aliphatic carboxylic acids is 1. The molecular formula is C15H23NO3. The molecule has 0 amide bonds. The maximum atomic E-state index is 10.6. The fraction of sp³-hybridized carbons (Fsp3) is 0.533. The Bertz CT molecular complexity index is 400. The maximum absolute atomic E-state index is 10.6. The first kappa shape index (κ1) is 15.5. The molecule has 4 heteroatoms. The van der Waals surface area contributed by atoms with E-state index < -0.39 is 5.97 Å². The number of carbonyl (C=O) groups is 1. The fourth-order valence-corrected chi connectivity index (χ4v) is 1.82. The molecule has 0 bridgehead atoms. The smallest absolute Gasteiger partial charge is 0.304 e. The van der Waals surface area contributed by atoms with E-state index >= 15 is 0 Å². The first-order chi connectivity index (χ1) is 8.90. The van der Waals surface area contributed by atoms with E-state index in [1.165, 1.54) is 0 Å². The molecule has 0 radical (unpaired) electrons. The highest BCUT2D eigenvalue weighted by molar-refractivity contribution is 5.66. The van der Waals surface area contributed by atoms with Crippen molar-refractivity contribution in [3.8, 4) is 5.75 Å². The largest absolute Gasteiger partial charge is 0.491 e. The Morgan fingerprint density at radius 1 is 1.26 bits per heavy atom. The summed E-state index contributed by atoms with van der Waals surface area (Å²) in [5.74, 6) is 0.0962. The van der Waals surface area contributed by atoms with E-state index in [9.17, 15) is 4.79 Å². The second kappa shape index (κ2) is 7.14. The summed E-state index contributed by atoms with van der Waals surface area (Å²) >= 11 is 0. The minimum absolute atomic E-state index is 0.162. The Labute approximate surface area is 115 Å². The number of hydrogen-bond acceptors (Lipinski definition) is 3. The van der Waals surface area contributed by atoms with Crippen LogP contribution in [0.5, 0.6) is 5.75 Å². The van der Waals surface area contributed by atoms with Crippen LogP contribution in [-0.4, -0.2) is 35.7 Å². The van der Waals surface area contributed by atoms with Crippen LogP contribution in [0.25, 0.3) is 0 Å². The van der Waals surface area contributed by atoms with Gasteiger partial charge < -0.3 is 9.84 Å². The van der Waals surface area contributed by atoms with E-state index in [1.807, 2.05) is 50.1 Å². The average molecular weight is 265 g/mol. The molecule has 0 saturated heterocycles. The van der Waals surface area contributed by atoms with E-state index in [-0.39, 0.29) is 18.6 Å². The van der Waals surface area contributed by atoms with Gasteiger partial charge in [-0.15, -0.1) is 0 Å². The van der Waals surface area contributed by atoms with Gasteiger partial charge in [0.15, 0.2) is 0 Å². The molecule has 1 unspecified atom stereocenters. The third kappa shape index (κ3) is 5.30. The van der Waals surface area contributed by atoms with E-state index in [0.717, 1.165) is 11.3 Å². The van der Waals surface area contributed by atoms with Gasteiger partial charge in [-0.2, -0.15) is 0 Å². The molecule has 1 aromatic carbocycles. The van der Waals surface area contributed by atoms with Gasteiger partial charge in [0.1, 0.15) is 5.75 Å². The van der Waals surface area contributed by atoms with Crippen molar-refractivity contribution in [2.75, 3.05) is 13.6 Å². The number of benzene rings is 1. The predicted molar refractivity (Wildman–Crippen MR) is 75.5 cm³/mol. The lowest BCUT2D eigenvalue weighted by Crippen LogP contribution is -2.25. The topological polar surface area (TPSA) is 49.8 Å². The van der Waals surface area contributed by atoms with Crippen LogP contribution in [0.1, 0.15) is 38.8 Å². The zero-order valence-corrected chi connectivity index (χ0v) is 12.1. The molecule has 0 aliphatic rings. The van der Waals surface area contributed by atoms with Gasteiger partial charge in [0.25, 0.3) is 0 Å². The first-order valence-corrected chi connectivity index (χ1v) is 6.58. The standard InChI is InChI=1S/C15H23NO3/c1-11(2)19-14-7-5-13(6-8-14)12(3)16(4)10-9-15(17)18/h5-8,11-12H,9-10H2,1-4H3,(H,17,18). The second-order valence-electron chi connectivity index (χ2n) is 5.04. The zero-order valence-electron chi connectivity index (χ0n) is 12.1. The summed E-state index contributed by atoms with van der Waals surface area (Å²) in [6.45, 7) is 6.60. The van der Waals surface area contributed by atoms with Crippen molar-refractivity contribution >= 4 is 5.97 Å². The van der Waals surface area contributed by atoms with Crippen molar-refractivity contribution in [3.05, 3.63) is 29.8 Å². The average Bonchev–Trinajstić information content (AvgIpc) is 2.35. The molecule has 0 aliphatic carbocycles. The molecule has 1 N–H and O–H groups in total. The summed E-state index contributed by atoms with van der Waals surface area (Å²) in [6, 6.07) is 8.15. The maximum Gasteiger partial charge on any atom is 0.304 e. The van der Waals surface area contributed by atoms with Crippen molar-refractivity contribution in [3.63, 3.8) is 0 Å². The molecule has 1 atom stereocenters. The molecule has 0 aliphatic heterocycles. The third-order valence-electron chi connectivity index (χ3n) is 3.07. The molecule has 1 aromatic rings. The SMILES string of the molecule is CC(C)Oc1ccc(C(C)N(C)CCC(=O)O)cc1. The van der Waals surface area contributed by atoms with Gasteiger partial charge in [-0.1, -0.05) is 12.1 Å². The first-order valence-electron chi connectivity index (χ1n) is 6.58. The van der Waals surface area contributed by atoms with E-state index in [1.54, 1.807) is 0 Å². The lowest BCUT2D eigenvalue weighted by Gasteiger charge is -2.24. The Morgan fingerprint density at radius 2 is 1.84 bits per heavy atom. The Morgan fingerprint density at radius 3 is 2.32 bits per heavy atom. The van der Waals surface area contributed by atoms with E-state index in [4.69, 9.17) is 9.84 Å². The third-order valence-corrected chi connectivity index (χ3v) is 3.07. The number of nitrogens with zero attached hydrogens (tertiary/aromatic N) is 1. The second-order valence-corrected chi connectivity index (χ2v) is 5.04. The van der Waals surface area contributed by atoms with Crippen LogP contribution in [0.2, 0.25) is 0 Å². The summed E-state index contributed by atoms with van der Waals surface area (Å²) in [6.07, 6.45) is 0.330. The van der Waals surface area contributed by atoms with Crippen LogP contribution in [0, 0.1) is 0 Å². The lowest BCUT2D eigenvalue weighted by molar-refractivity contribution is -0.137. The summed E-state index contributed by atoms with van der Waals surface area (Å²) in [5.41, 5.74) is 1.16. The van der Waals surface area contributed by atoms with Crippen LogP contribution in [0.15, 0.2) is 24.3 Å². The lowest BCUT2D eigenvalue weighted by atomic mass is 10.1. The molecule has 0 heterocycles. The molecule has 19 heavy (non-hydrogen) atoms. The Kier molecular flexibility index (Phi) is 5.83. The number of rotatable bonds is 7. The van der Waals surface area contributed by atoms with Crippen molar-refractivity contribution in [2.45, 2.75) is 39.3 Å². The highest BCUT2D eigenvalue weighted by Crippen LogP contribution is 2.22. The fourth-order valence-electron chi connectivity index (χ4n) is 1.82. The monoisotopic (exact) mass is 265 g/mol. The Hall–Kier alpha value is -1.55. The van der Waals surface area contributed by atoms with Crippen LogP contribution in [0.3, 0.4) is 0 Å². The minimum Gasteiger partial charge on any atom is -0.491 e. The molecule has 0 saturated carbocycles. The molecular weight excluding hydrogens is 242 g/mol. The van der Waals surface area contributed by atoms with Crippen molar-refractivity contribution < 1.29 is 14.6 Å². The van der Waals surface area contributed by atoms with Gasteiger partial charge in [0, 0.05) is 12.6 Å². The summed E-state index contributed by atoms with van der Waals surface area (Å²) < 4.78 is 5.60. The summed E-state index contributed by atoms with van der Waals surface area (Å²) in [7, 11) is 1.94. The Balaban J connectivity index is 2.61. The van der Waals surface area contributed by atoms with Crippen molar-refractivity contribution in [1.29, 1.82) is 0 Å². The van der Waals surface area contributed by atoms with Gasteiger partial charge in [0.2, 0.25) is 0 Å². The van der Waals surface area contributed by atoms with Gasteiger partial charge >= 0.3 is 5.97 Å². The highest BCUT2D eigenvalue weighted by Gasteiger charge is 2.12.